The summed E-state index contributed by atoms with van der Waals surface area (Å²) in [6, 6.07) is 9.61. The van der Waals surface area contributed by atoms with Crippen molar-refractivity contribution in [1.29, 1.82) is 0 Å². The first-order chi connectivity index (χ1) is 16.3. The summed E-state index contributed by atoms with van der Waals surface area (Å²) >= 11 is 0. The van der Waals surface area contributed by atoms with E-state index in [4.69, 9.17) is 4.74 Å². The number of H-pyrrole nitrogens is 1. The molecular formula is C25H23F2N3O4. The maximum absolute atomic E-state index is 15.1. The average Bonchev–Trinajstić information content (AvgIpc) is 3.24. The summed E-state index contributed by atoms with van der Waals surface area (Å²) in [5.74, 6) is -1.67. The summed E-state index contributed by atoms with van der Waals surface area (Å²) in [7, 11) is 0. The van der Waals surface area contributed by atoms with Crippen molar-refractivity contribution in [3.05, 3.63) is 92.4 Å². The lowest BCUT2D eigenvalue weighted by molar-refractivity contribution is 0.271. The number of aromatic hydroxyl groups is 1. The third-order valence-electron chi connectivity index (χ3n) is 5.66. The number of pyridine rings is 1. The van der Waals surface area contributed by atoms with Gasteiger partial charge in [-0.25, -0.2) is 18.6 Å². The van der Waals surface area contributed by atoms with Crippen molar-refractivity contribution in [1.82, 2.24) is 15.1 Å². The first-order valence-corrected chi connectivity index (χ1v) is 10.7. The molecule has 4 rings (SSSR count). The minimum absolute atomic E-state index is 0.0307. The molecule has 0 spiro atoms. The molecule has 0 fully saturated rings. The number of benzene rings is 2. The van der Waals surface area contributed by atoms with Gasteiger partial charge >= 0.3 is 5.76 Å². The van der Waals surface area contributed by atoms with Gasteiger partial charge in [0.05, 0.1) is 0 Å². The van der Waals surface area contributed by atoms with Gasteiger partial charge in [-0.2, -0.15) is 0 Å². The van der Waals surface area contributed by atoms with Crippen molar-refractivity contribution in [2.45, 2.75) is 40.2 Å². The summed E-state index contributed by atoms with van der Waals surface area (Å²) in [5.41, 5.74) is 3.31. The number of aromatic nitrogens is 3. The fourth-order valence-corrected chi connectivity index (χ4v) is 3.80. The standard InChI is InChI=1S/C25H23F2N3O4/c1-4-15-10-20(33-12-21-29-25(32)34-30-21)23(27)14(3)18(15)11-16-8-9-19(31)24(28-16)17-7-5-6-13(2)22(17)26/h5-10,31H,4,11-12H2,1-3H3,(H,29,30,32). The molecule has 2 N–H and O–H groups in total. The second-order valence-corrected chi connectivity index (χ2v) is 7.92. The number of ether oxygens (including phenoxy) is 1. The second-order valence-electron chi connectivity index (χ2n) is 7.92. The van der Waals surface area contributed by atoms with Crippen LogP contribution in [-0.4, -0.2) is 20.2 Å². The lowest BCUT2D eigenvalue weighted by atomic mass is 9.94. The van der Waals surface area contributed by atoms with Crippen molar-refractivity contribution in [2.24, 2.45) is 0 Å². The summed E-state index contributed by atoms with van der Waals surface area (Å²) in [5, 5.41) is 13.8. The molecule has 0 bridgehead atoms. The minimum atomic E-state index is -0.717. The summed E-state index contributed by atoms with van der Waals surface area (Å²) in [6.45, 7) is 5.07. The Bertz CT molecular complexity index is 1410. The highest BCUT2D eigenvalue weighted by atomic mass is 19.1. The fraction of sp³-hybridized carbons (Fsp3) is 0.240. The summed E-state index contributed by atoms with van der Waals surface area (Å²) < 4.78 is 39.7. The molecule has 0 aliphatic carbocycles. The largest absolute Gasteiger partial charge is 0.506 e. The third kappa shape index (κ3) is 4.54. The van der Waals surface area contributed by atoms with E-state index in [1.54, 1.807) is 44.2 Å². The zero-order chi connectivity index (χ0) is 24.4. The van der Waals surface area contributed by atoms with Crippen LogP contribution in [-0.2, 0) is 19.4 Å². The van der Waals surface area contributed by atoms with E-state index in [2.05, 4.69) is 19.6 Å². The fourth-order valence-electron chi connectivity index (χ4n) is 3.80. The molecule has 0 aliphatic rings. The Morgan fingerprint density at radius 2 is 1.94 bits per heavy atom. The maximum Gasteiger partial charge on any atom is 0.439 e. The van der Waals surface area contributed by atoms with Crippen LogP contribution in [0.5, 0.6) is 11.5 Å². The molecule has 4 aromatic rings. The lowest BCUT2D eigenvalue weighted by Gasteiger charge is -2.17. The van der Waals surface area contributed by atoms with Crippen molar-refractivity contribution in [3.63, 3.8) is 0 Å². The molecule has 176 valence electrons. The van der Waals surface area contributed by atoms with Gasteiger partial charge in [0.15, 0.2) is 17.4 Å². The minimum Gasteiger partial charge on any atom is -0.506 e. The van der Waals surface area contributed by atoms with E-state index in [9.17, 15) is 14.3 Å². The van der Waals surface area contributed by atoms with Gasteiger partial charge in [-0.15, -0.1) is 0 Å². The highest BCUT2D eigenvalue weighted by Gasteiger charge is 2.19. The number of halogens is 2. The Kier molecular flexibility index (Phi) is 6.45. The van der Waals surface area contributed by atoms with Gasteiger partial charge in [-0.05, 0) is 66.8 Å². The third-order valence-corrected chi connectivity index (χ3v) is 5.66. The zero-order valence-electron chi connectivity index (χ0n) is 18.9. The molecule has 0 saturated carbocycles. The van der Waals surface area contributed by atoms with Gasteiger partial charge in [0.1, 0.15) is 23.9 Å². The Labute approximate surface area is 194 Å². The molecule has 0 amide bonds. The van der Waals surface area contributed by atoms with Crippen LogP contribution in [0.25, 0.3) is 11.3 Å². The van der Waals surface area contributed by atoms with Crippen LogP contribution in [0.15, 0.2) is 45.7 Å². The van der Waals surface area contributed by atoms with E-state index < -0.39 is 17.4 Å². The SMILES string of the molecule is CCc1cc(OCc2noc(=O)[nH]2)c(F)c(C)c1Cc1ccc(O)c(-c2cccc(C)c2F)n1. The van der Waals surface area contributed by atoms with Crippen LogP contribution < -0.4 is 10.5 Å². The number of aromatic amines is 1. The van der Waals surface area contributed by atoms with Crippen LogP contribution in [0.3, 0.4) is 0 Å². The van der Waals surface area contributed by atoms with E-state index in [-0.39, 0.29) is 41.6 Å². The van der Waals surface area contributed by atoms with E-state index in [0.717, 1.165) is 11.1 Å². The van der Waals surface area contributed by atoms with Crippen LogP contribution in [0.1, 0.15) is 40.7 Å². The summed E-state index contributed by atoms with van der Waals surface area (Å²) in [4.78, 5) is 17.9. The maximum atomic E-state index is 15.1. The van der Waals surface area contributed by atoms with Gasteiger partial charge in [0.2, 0.25) is 0 Å². The molecule has 0 radical (unpaired) electrons. The van der Waals surface area contributed by atoms with Gasteiger partial charge in [-0.1, -0.05) is 24.2 Å². The van der Waals surface area contributed by atoms with E-state index in [0.29, 0.717) is 23.2 Å². The highest BCUT2D eigenvalue weighted by molar-refractivity contribution is 5.67. The molecule has 34 heavy (non-hydrogen) atoms. The van der Waals surface area contributed by atoms with Crippen LogP contribution >= 0.6 is 0 Å². The monoisotopic (exact) mass is 467 g/mol. The Morgan fingerprint density at radius 1 is 1.15 bits per heavy atom. The predicted molar refractivity (Wildman–Crippen MR) is 121 cm³/mol. The molecule has 0 saturated heterocycles. The molecular weight excluding hydrogens is 444 g/mol. The van der Waals surface area contributed by atoms with Crippen molar-refractivity contribution in [3.8, 4) is 22.8 Å². The van der Waals surface area contributed by atoms with Crippen molar-refractivity contribution < 1.29 is 23.1 Å². The number of hydrogen-bond donors (Lipinski definition) is 2. The first kappa shape index (κ1) is 23.2. The Balaban J connectivity index is 1.67. The predicted octanol–water partition coefficient (Wildman–Crippen LogP) is 4.76. The zero-order valence-corrected chi connectivity index (χ0v) is 18.9. The molecule has 0 unspecified atom stereocenters. The quantitative estimate of drug-likeness (QED) is 0.407. The van der Waals surface area contributed by atoms with Gasteiger partial charge in [0.25, 0.3) is 0 Å². The van der Waals surface area contributed by atoms with E-state index in [1.807, 2.05) is 6.92 Å². The molecule has 7 nitrogen and oxygen atoms in total. The van der Waals surface area contributed by atoms with E-state index >= 15 is 4.39 Å². The number of hydrogen-bond acceptors (Lipinski definition) is 6. The highest BCUT2D eigenvalue weighted by Crippen LogP contribution is 2.33. The summed E-state index contributed by atoms with van der Waals surface area (Å²) in [6.07, 6.45) is 0.884. The average molecular weight is 467 g/mol. The second kappa shape index (κ2) is 9.46. The first-order valence-electron chi connectivity index (χ1n) is 10.7. The van der Waals surface area contributed by atoms with Crippen molar-refractivity contribution >= 4 is 0 Å². The molecule has 0 atom stereocenters. The van der Waals surface area contributed by atoms with Crippen molar-refractivity contribution in [2.75, 3.05) is 0 Å². The topological polar surface area (TPSA) is 101 Å². The van der Waals surface area contributed by atoms with Gasteiger partial charge < -0.3 is 9.84 Å². The van der Waals surface area contributed by atoms with Crippen LogP contribution in [0.4, 0.5) is 8.78 Å². The van der Waals surface area contributed by atoms with Gasteiger partial charge in [-0.3, -0.25) is 9.51 Å². The van der Waals surface area contributed by atoms with Crippen LogP contribution in [0.2, 0.25) is 0 Å². The lowest BCUT2D eigenvalue weighted by Crippen LogP contribution is -2.07. The molecule has 2 aromatic heterocycles. The Morgan fingerprint density at radius 3 is 2.65 bits per heavy atom. The normalized spacial score (nSPS) is 11.1. The van der Waals surface area contributed by atoms with Crippen LogP contribution in [0, 0.1) is 25.5 Å². The number of aryl methyl sites for hydroxylation is 2. The molecule has 9 heteroatoms. The number of rotatable bonds is 7. The number of nitrogens with zero attached hydrogens (tertiary/aromatic N) is 2. The number of nitrogens with one attached hydrogen (secondary N) is 1. The smallest absolute Gasteiger partial charge is 0.439 e. The van der Waals surface area contributed by atoms with E-state index in [1.165, 1.54) is 6.07 Å². The molecule has 2 aromatic carbocycles. The van der Waals surface area contributed by atoms with Gasteiger partial charge in [0, 0.05) is 17.7 Å². The molecule has 0 aliphatic heterocycles. The Hall–Kier alpha value is -4.01. The molecule has 2 heterocycles.